The number of hydrogen-bond donors (Lipinski definition) is 0. The fraction of sp³-hybridized carbons (Fsp3) is 0.385. The number of methoxy groups -OCH3 is 1. The van der Waals surface area contributed by atoms with Gasteiger partial charge in [0, 0.05) is 6.42 Å². The maximum Gasteiger partial charge on any atom is 0.416 e. The molecule has 1 aromatic carbocycles. The van der Waals surface area contributed by atoms with Crippen LogP contribution in [0.1, 0.15) is 12.0 Å². The number of hydrogen-bond acceptors (Lipinski definition) is 4. The Bertz CT molecular complexity index is 441. The molecular formula is C13H15NO4. The van der Waals surface area contributed by atoms with Crippen LogP contribution in [0.25, 0.3) is 0 Å². The van der Waals surface area contributed by atoms with Gasteiger partial charge in [-0.2, -0.15) is 0 Å². The van der Waals surface area contributed by atoms with E-state index in [1.807, 2.05) is 24.3 Å². The zero-order chi connectivity index (χ0) is 13.0. The Morgan fingerprint density at radius 1 is 1.39 bits per heavy atom. The van der Waals surface area contributed by atoms with E-state index in [4.69, 9.17) is 9.47 Å². The summed E-state index contributed by atoms with van der Waals surface area (Å²) in [7, 11) is 1.61. The first-order valence-corrected chi connectivity index (χ1v) is 5.81. The molecule has 1 saturated heterocycles. The highest BCUT2D eigenvalue weighted by molar-refractivity contribution is 5.92. The molecule has 0 radical (unpaired) electrons. The minimum Gasteiger partial charge on any atom is -0.497 e. The zero-order valence-electron chi connectivity index (χ0n) is 10.2. The van der Waals surface area contributed by atoms with Crippen molar-refractivity contribution in [2.45, 2.75) is 12.8 Å². The maximum atomic E-state index is 11.8. The SMILES string of the molecule is COc1ccc(CCC(=O)N2CCOC2=O)cc1. The Labute approximate surface area is 105 Å². The molecule has 0 bridgehead atoms. The summed E-state index contributed by atoms with van der Waals surface area (Å²) in [6, 6.07) is 7.52. The highest BCUT2D eigenvalue weighted by Crippen LogP contribution is 2.14. The first-order chi connectivity index (χ1) is 8.70. The standard InChI is InChI=1S/C13H15NO4/c1-17-11-5-2-10(3-6-11)4-7-12(15)14-8-9-18-13(14)16/h2-3,5-6H,4,7-9H2,1H3. The second-order valence-electron chi connectivity index (χ2n) is 4.01. The summed E-state index contributed by atoms with van der Waals surface area (Å²) in [4.78, 5) is 24.1. The molecule has 2 amide bonds. The van der Waals surface area contributed by atoms with Crippen LogP contribution in [0.15, 0.2) is 24.3 Å². The molecule has 1 aliphatic heterocycles. The van der Waals surface area contributed by atoms with Crippen molar-refractivity contribution < 1.29 is 19.1 Å². The number of aryl methyl sites for hydroxylation is 1. The molecule has 1 aliphatic rings. The second-order valence-corrected chi connectivity index (χ2v) is 4.01. The number of cyclic esters (lactones) is 1. The van der Waals surface area contributed by atoms with Gasteiger partial charge in [-0.15, -0.1) is 0 Å². The van der Waals surface area contributed by atoms with Crippen molar-refractivity contribution in [2.24, 2.45) is 0 Å². The minimum atomic E-state index is -0.533. The summed E-state index contributed by atoms with van der Waals surface area (Å²) in [6.07, 6.45) is 0.378. The van der Waals surface area contributed by atoms with E-state index < -0.39 is 6.09 Å². The van der Waals surface area contributed by atoms with E-state index in [0.29, 0.717) is 26.0 Å². The largest absolute Gasteiger partial charge is 0.497 e. The van der Waals surface area contributed by atoms with E-state index in [9.17, 15) is 9.59 Å². The highest BCUT2D eigenvalue weighted by Gasteiger charge is 2.27. The molecule has 0 N–H and O–H groups in total. The Balaban J connectivity index is 1.86. The fourth-order valence-electron chi connectivity index (χ4n) is 1.80. The Hall–Kier alpha value is -2.04. The van der Waals surface area contributed by atoms with Gasteiger partial charge in [-0.1, -0.05) is 12.1 Å². The Morgan fingerprint density at radius 3 is 2.67 bits per heavy atom. The van der Waals surface area contributed by atoms with Crippen LogP contribution in [0.5, 0.6) is 5.75 Å². The lowest BCUT2D eigenvalue weighted by Gasteiger charge is -2.10. The van der Waals surface area contributed by atoms with Gasteiger partial charge < -0.3 is 9.47 Å². The molecule has 0 spiro atoms. The van der Waals surface area contributed by atoms with Gasteiger partial charge >= 0.3 is 6.09 Å². The monoisotopic (exact) mass is 249 g/mol. The predicted octanol–water partition coefficient (Wildman–Crippen LogP) is 1.61. The van der Waals surface area contributed by atoms with E-state index in [2.05, 4.69) is 0 Å². The van der Waals surface area contributed by atoms with Crippen molar-refractivity contribution in [3.8, 4) is 5.75 Å². The van der Waals surface area contributed by atoms with E-state index >= 15 is 0 Å². The molecule has 0 atom stereocenters. The van der Waals surface area contributed by atoms with Crippen LogP contribution in [-0.4, -0.2) is 37.2 Å². The lowest BCUT2D eigenvalue weighted by molar-refractivity contribution is -0.127. The molecule has 0 unspecified atom stereocenters. The number of rotatable bonds is 4. The molecule has 0 aliphatic carbocycles. The highest BCUT2D eigenvalue weighted by atomic mass is 16.6. The average Bonchev–Trinajstić information content (AvgIpc) is 2.83. The summed E-state index contributed by atoms with van der Waals surface area (Å²) >= 11 is 0. The van der Waals surface area contributed by atoms with Crippen LogP contribution in [-0.2, 0) is 16.0 Å². The van der Waals surface area contributed by atoms with Gasteiger partial charge in [0.1, 0.15) is 12.4 Å². The zero-order valence-corrected chi connectivity index (χ0v) is 10.2. The molecule has 1 heterocycles. The number of carbonyl (C=O) groups excluding carboxylic acids is 2. The molecule has 5 heteroatoms. The summed E-state index contributed by atoms with van der Waals surface area (Å²) < 4.78 is 9.77. The number of carbonyl (C=O) groups is 2. The minimum absolute atomic E-state index is 0.187. The van der Waals surface area contributed by atoms with Crippen molar-refractivity contribution in [1.29, 1.82) is 0 Å². The number of ether oxygens (including phenoxy) is 2. The van der Waals surface area contributed by atoms with E-state index in [0.717, 1.165) is 16.2 Å². The molecule has 96 valence electrons. The summed E-state index contributed by atoms with van der Waals surface area (Å²) in [5.74, 6) is 0.599. The normalized spacial score (nSPS) is 14.5. The number of nitrogens with zero attached hydrogens (tertiary/aromatic N) is 1. The van der Waals surface area contributed by atoms with Gasteiger partial charge in [-0.05, 0) is 24.1 Å². The van der Waals surface area contributed by atoms with Gasteiger partial charge in [0.2, 0.25) is 5.91 Å². The van der Waals surface area contributed by atoms with Crippen molar-refractivity contribution >= 4 is 12.0 Å². The van der Waals surface area contributed by atoms with E-state index in [1.54, 1.807) is 7.11 Å². The van der Waals surface area contributed by atoms with Gasteiger partial charge in [-0.3, -0.25) is 4.79 Å². The lowest BCUT2D eigenvalue weighted by atomic mass is 10.1. The topological polar surface area (TPSA) is 55.8 Å². The third-order valence-electron chi connectivity index (χ3n) is 2.85. The molecule has 1 fully saturated rings. The lowest BCUT2D eigenvalue weighted by Crippen LogP contribution is -2.31. The van der Waals surface area contributed by atoms with Crippen LogP contribution in [0.2, 0.25) is 0 Å². The van der Waals surface area contributed by atoms with Crippen molar-refractivity contribution in [3.63, 3.8) is 0 Å². The summed E-state index contributed by atoms with van der Waals surface area (Å²) in [5.41, 5.74) is 1.04. The molecule has 18 heavy (non-hydrogen) atoms. The smallest absolute Gasteiger partial charge is 0.416 e. The Kier molecular flexibility index (Phi) is 3.82. The van der Waals surface area contributed by atoms with Gasteiger partial charge in [-0.25, -0.2) is 9.69 Å². The molecule has 0 saturated carbocycles. The average molecular weight is 249 g/mol. The molecular weight excluding hydrogens is 234 g/mol. The van der Waals surface area contributed by atoms with Gasteiger partial charge in [0.25, 0.3) is 0 Å². The van der Waals surface area contributed by atoms with Crippen LogP contribution in [0.4, 0.5) is 4.79 Å². The first-order valence-electron chi connectivity index (χ1n) is 5.81. The molecule has 5 nitrogen and oxygen atoms in total. The third kappa shape index (κ3) is 2.80. The summed E-state index contributed by atoms with van der Waals surface area (Å²) in [5, 5.41) is 0. The number of amides is 2. The predicted molar refractivity (Wildman–Crippen MR) is 64.4 cm³/mol. The molecule has 0 aromatic heterocycles. The van der Waals surface area contributed by atoms with Crippen LogP contribution in [0, 0.1) is 0 Å². The number of imide groups is 1. The summed E-state index contributed by atoms with van der Waals surface area (Å²) in [6.45, 7) is 0.660. The van der Waals surface area contributed by atoms with E-state index in [1.165, 1.54) is 0 Å². The molecule has 2 rings (SSSR count). The van der Waals surface area contributed by atoms with E-state index in [-0.39, 0.29) is 5.91 Å². The van der Waals surface area contributed by atoms with Crippen molar-refractivity contribution in [2.75, 3.05) is 20.3 Å². The fourth-order valence-corrected chi connectivity index (χ4v) is 1.80. The van der Waals surface area contributed by atoms with Crippen LogP contribution >= 0.6 is 0 Å². The van der Waals surface area contributed by atoms with Crippen molar-refractivity contribution in [3.05, 3.63) is 29.8 Å². The Morgan fingerprint density at radius 2 is 2.11 bits per heavy atom. The van der Waals surface area contributed by atoms with Gasteiger partial charge in [0.15, 0.2) is 0 Å². The van der Waals surface area contributed by atoms with Crippen molar-refractivity contribution in [1.82, 2.24) is 4.90 Å². The second kappa shape index (κ2) is 5.53. The van der Waals surface area contributed by atoms with Crippen LogP contribution in [0.3, 0.4) is 0 Å². The maximum absolute atomic E-state index is 11.8. The van der Waals surface area contributed by atoms with Gasteiger partial charge in [0.05, 0.1) is 13.7 Å². The first kappa shape index (κ1) is 12.4. The third-order valence-corrected chi connectivity index (χ3v) is 2.85. The molecule has 1 aromatic rings. The number of benzene rings is 1. The van der Waals surface area contributed by atoms with Crippen LogP contribution < -0.4 is 4.74 Å². The quantitative estimate of drug-likeness (QED) is 0.813.